The van der Waals surface area contributed by atoms with Crippen molar-refractivity contribution in [3.05, 3.63) is 90.2 Å². The molecule has 0 aliphatic carbocycles. The topological polar surface area (TPSA) is 56.0 Å². The lowest BCUT2D eigenvalue weighted by Gasteiger charge is -2.17. The lowest BCUT2D eigenvalue weighted by atomic mass is 10.2. The van der Waals surface area contributed by atoms with Gasteiger partial charge in [0.2, 0.25) is 5.91 Å². The minimum Gasteiger partial charge on any atom is -0.341 e. The highest BCUT2D eigenvalue weighted by Gasteiger charge is 2.17. The van der Waals surface area contributed by atoms with Crippen LogP contribution in [-0.2, 0) is 17.9 Å². The number of aryl methyl sites for hydroxylation is 1. The monoisotopic (exact) mass is 441 g/mol. The Morgan fingerprint density at radius 2 is 1.84 bits per heavy atom. The molecule has 0 N–H and O–H groups in total. The van der Waals surface area contributed by atoms with Crippen molar-refractivity contribution in [2.75, 3.05) is 7.05 Å². The molecule has 0 fully saturated rings. The molecule has 0 saturated carbocycles. The summed E-state index contributed by atoms with van der Waals surface area (Å²) >= 11 is 1.65. The summed E-state index contributed by atoms with van der Waals surface area (Å²) in [5.74, 6) is 0.0902. The Balaban J connectivity index is 1.33. The van der Waals surface area contributed by atoms with Gasteiger partial charge in [0.05, 0.1) is 27.9 Å². The van der Waals surface area contributed by atoms with E-state index >= 15 is 0 Å². The van der Waals surface area contributed by atoms with Crippen molar-refractivity contribution < 1.29 is 4.79 Å². The molecule has 1 amide bonds. The van der Waals surface area contributed by atoms with E-state index in [9.17, 15) is 4.79 Å². The summed E-state index contributed by atoms with van der Waals surface area (Å²) in [6.07, 6.45) is 4.24. The third-order valence-corrected chi connectivity index (χ3v) is 6.37. The third kappa shape index (κ3) is 4.07. The number of fused-ring (bicyclic) bond motifs is 1. The van der Waals surface area contributed by atoms with Gasteiger partial charge in [0.15, 0.2) is 0 Å². The van der Waals surface area contributed by atoms with Gasteiger partial charge in [-0.1, -0.05) is 36.4 Å². The quantitative estimate of drug-likeness (QED) is 0.357. The molecular weight excluding hydrogens is 418 g/mol. The molecule has 3 aromatic heterocycles. The number of aromatic nitrogens is 4. The highest BCUT2D eigenvalue weighted by Crippen LogP contribution is 2.28. The largest absolute Gasteiger partial charge is 0.341 e. The maximum absolute atomic E-state index is 12.9. The fourth-order valence-electron chi connectivity index (χ4n) is 3.80. The van der Waals surface area contributed by atoms with Crippen LogP contribution >= 0.6 is 11.3 Å². The van der Waals surface area contributed by atoms with Crippen molar-refractivity contribution in [2.24, 2.45) is 0 Å². The van der Waals surface area contributed by atoms with Crippen LogP contribution in [0.25, 0.3) is 27.3 Å². The molecule has 0 aliphatic heterocycles. The van der Waals surface area contributed by atoms with Crippen molar-refractivity contribution in [3.8, 4) is 16.3 Å². The molecule has 3 heterocycles. The number of carbonyl (C=O) groups excluding carboxylic acids is 1. The number of benzene rings is 2. The van der Waals surface area contributed by atoms with Crippen LogP contribution in [0, 0.1) is 0 Å². The predicted molar refractivity (Wildman–Crippen MR) is 128 cm³/mol. The Morgan fingerprint density at radius 3 is 2.66 bits per heavy atom. The van der Waals surface area contributed by atoms with Gasteiger partial charge in [-0.3, -0.25) is 4.79 Å². The van der Waals surface area contributed by atoms with E-state index in [0.717, 1.165) is 32.9 Å². The average Bonchev–Trinajstić information content (AvgIpc) is 3.58. The standard InChI is InChI=1S/C25H23N5OS/c1-28(24(31)13-14-29-18-26-21-10-5-6-11-22(21)29)16-19-17-30(20-8-3-2-4-9-20)27-25(19)23-12-7-15-32-23/h2-12,15,17-18H,13-14,16H2,1H3. The molecule has 2 aromatic carbocycles. The second-order valence-electron chi connectivity index (χ2n) is 7.69. The lowest BCUT2D eigenvalue weighted by Crippen LogP contribution is -2.27. The van der Waals surface area contributed by atoms with Gasteiger partial charge in [-0.2, -0.15) is 5.10 Å². The van der Waals surface area contributed by atoms with Gasteiger partial charge >= 0.3 is 0 Å². The fraction of sp³-hybridized carbons (Fsp3) is 0.160. The first-order valence-electron chi connectivity index (χ1n) is 10.5. The minimum atomic E-state index is 0.0902. The number of carbonyl (C=O) groups is 1. The number of hydrogen-bond donors (Lipinski definition) is 0. The van der Waals surface area contributed by atoms with Gasteiger partial charge in [-0.15, -0.1) is 11.3 Å². The van der Waals surface area contributed by atoms with Crippen molar-refractivity contribution in [2.45, 2.75) is 19.5 Å². The molecule has 7 heteroatoms. The van der Waals surface area contributed by atoms with E-state index in [2.05, 4.69) is 11.1 Å². The molecule has 32 heavy (non-hydrogen) atoms. The Hall–Kier alpha value is -3.71. The number of amides is 1. The van der Waals surface area contributed by atoms with E-state index in [0.29, 0.717) is 19.5 Å². The zero-order valence-electron chi connectivity index (χ0n) is 17.8. The summed E-state index contributed by atoms with van der Waals surface area (Å²) in [4.78, 5) is 20.2. The maximum Gasteiger partial charge on any atom is 0.224 e. The minimum absolute atomic E-state index is 0.0902. The van der Waals surface area contributed by atoms with Crippen LogP contribution in [0.1, 0.15) is 12.0 Å². The van der Waals surface area contributed by atoms with Crippen LogP contribution in [0.4, 0.5) is 0 Å². The van der Waals surface area contributed by atoms with Gasteiger partial charge in [-0.05, 0) is 35.7 Å². The number of thiophene rings is 1. The molecule has 0 spiro atoms. The van der Waals surface area contributed by atoms with E-state index < -0.39 is 0 Å². The normalized spacial score (nSPS) is 11.2. The highest BCUT2D eigenvalue weighted by molar-refractivity contribution is 7.13. The highest BCUT2D eigenvalue weighted by atomic mass is 32.1. The van der Waals surface area contributed by atoms with Crippen LogP contribution < -0.4 is 0 Å². The first kappa shape index (κ1) is 20.2. The Morgan fingerprint density at radius 1 is 1.03 bits per heavy atom. The first-order chi connectivity index (χ1) is 15.7. The third-order valence-electron chi connectivity index (χ3n) is 5.49. The summed E-state index contributed by atoms with van der Waals surface area (Å²) in [6, 6.07) is 22.1. The SMILES string of the molecule is CN(Cc1cn(-c2ccccc2)nc1-c1cccs1)C(=O)CCn1cnc2ccccc21. The van der Waals surface area contributed by atoms with Crippen molar-refractivity contribution >= 4 is 28.3 Å². The van der Waals surface area contributed by atoms with E-state index in [4.69, 9.17) is 5.10 Å². The Kier molecular flexibility index (Phi) is 5.56. The molecule has 160 valence electrons. The lowest BCUT2D eigenvalue weighted by molar-refractivity contribution is -0.130. The molecule has 0 atom stereocenters. The van der Waals surface area contributed by atoms with E-state index in [1.807, 2.05) is 88.5 Å². The zero-order valence-corrected chi connectivity index (χ0v) is 18.6. The molecule has 0 radical (unpaired) electrons. The fourth-order valence-corrected chi connectivity index (χ4v) is 4.54. The van der Waals surface area contributed by atoms with Crippen LogP contribution in [0.15, 0.2) is 84.6 Å². The zero-order chi connectivity index (χ0) is 21.9. The summed E-state index contributed by atoms with van der Waals surface area (Å²) in [5.41, 5.74) is 4.94. The van der Waals surface area contributed by atoms with Crippen LogP contribution in [0.2, 0.25) is 0 Å². The second-order valence-corrected chi connectivity index (χ2v) is 8.63. The predicted octanol–water partition coefficient (Wildman–Crippen LogP) is 5.00. The smallest absolute Gasteiger partial charge is 0.224 e. The van der Waals surface area contributed by atoms with Gasteiger partial charge in [-0.25, -0.2) is 9.67 Å². The first-order valence-corrected chi connectivity index (χ1v) is 11.4. The number of nitrogens with zero attached hydrogens (tertiary/aromatic N) is 5. The summed E-state index contributed by atoms with van der Waals surface area (Å²) in [5, 5.41) is 6.88. The van der Waals surface area contributed by atoms with E-state index in [-0.39, 0.29) is 5.91 Å². The van der Waals surface area contributed by atoms with E-state index in [1.165, 1.54) is 0 Å². The van der Waals surface area contributed by atoms with Crippen LogP contribution in [-0.4, -0.2) is 37.2 Å². The Bertz CT molecular complexity index is 1340. The molecule has 0 bridgehead atoms. The molecule has 6 nitrogen and oxygen atoms in total. The average molecular weight is 442 g/mol. The molecule has 0 saturated heterocycles. The molecular formula is C25H23N5OS. The molecule has 0 unspecified atom stereocenters. The van der Waals surface area contributed by atoms with Crippen molar-refractivity contribution in [1.29, 1.82) is 0 Å². The van der Waals surface area contributed by atoms with E-state index in [1.54, 1.807) is 22.6 Å². The molecule has 5 rings (SSSR count). The van der Waals surface area contributed by atoms with Crippen molar-refractivity contribution in [3.63, 3.8) is 0 Å². The molecule has 5 aromatic rings. The molecule has 0 aliphatic rings. The number of rotatable bonds is 7. The maximum atomic E-state index is 12.9. The summed E-state index contributed by atoms with van der Waals surface area (Å²) in [7, 11) is 1.85. The number of imidazole rings is 1. The summed E-state index contributed by atoms with van der Waals surface area (Å²) in [6.45, 7) is 1.11. The van der Waals surface area contributed by atoms with Gasteiger partial charge in [0.1, 0.15) is 5.69 Å². The Labute approximate surface area is 190 Å². The van der Waals surface area contributed by atoms with Gasteiger partial charge in [0.25, 0.3) is 0 Å². The van der Waals surface area contributed by atoms with Crippen molar-refractivity contribution in [1.82, 2.24) is 24.2 Å². The number of para-hydroxylation sites is 3. The second kappa shape index (κ2) is 8.80. The number of hydrogen-bond acceptors (Lipinski definition) is 4. The van der Waals surface area contributed by atoms with Gasteiger partial charge in [0, 0.05) is 38.3 Å². The van der Waals surface area contributed by atoms with Crippen LogP contribution in [0.5, 0.6) is 0 Å². The summed E-state index contributed by atoms with van der Waals surface area (Å²) < 4.78 is 3.92. The van der Waals surface area contributed by atoms with Gasteiger partial charge < -0.3 is 9.47 Å². The van der Waals surface area contributed by atoms with Crippen LogP contribution in [0.3, 0.4) is 0 Å².